The lowest BCUT2D eigenvalue weighted by Crippen LogP contribution is -1.97. The average molecular weight is 541 g/mol. The Morgan fingerprint density at radius 2 is 1.17 bits per heavy atom. The molecular formula is C39H27N3. The maximum Gasteiger partial charge on any atom is 0.111 e. The minimum atomic E-state index is -2.36. The molecule has 0 unspecified atom stereocenters. The van der Waals surface area contributed by atoms with Crippen LogP contribution in [-0.2, 0) is 0 Å². The Kier molecular flexibility index (Phi) is 4.97. The van der Waals surface area contributed by atoms with E-state index in [1.165, 1.54) is 5.56 Å². The van der Waals surface area contributed by atoms with E-state index in [9.17, 15) is 0 Å². The summed E-state index contributed by atoms with van der Waals surface area (Å²) in [7, 11) is 0. The second kappa shape index (κ2) is 9.83. The minimum Gasteiger partial charge on any atom is -0.297 e. The molecule has 2 heterocycles. The molecule has 0 fully saturated rings. The number of para-hydroxylation sites is 2. The molecule has 42 heavy (non-hydrogen) atoms. The van der Waals surface area contributed by atoms with Crippen LogP contribution in [0.15, 0.2) is 146 Å². The summed E-state index contributed by atoms with van der Waals surface area (Å²) < 4.78 is 26.2. The molecule has 0 radical (unpaired) electrons. The first-order chi connectivity index (χ1) is 22.0. The van der Waals surface area contributed by atoms with Crippen LogP contribution in [0.4, 0.5) is 0 Å². The van der Waals surface area contributed by atoms with Gasteiger partial charge in [-0.1, -0.05) is 103 Å². The van der Waals surface area contributed by atoms with Gasteiger partial charge >= 0.3 is 0 Å². The van der Waals surface area contributed by atoms with Gasteiger partial charge in [-0.05, 0) is 86.5 Å². The third-order valence-electron chi connectivity index (χ3n) is 8.08. The number of benzene rings is 6. The van der Waals surface area contributed by atoms with Crippen LogP contribution < -0.4 is 0 Å². The van der Waals surface area contributed by atoms with E-state index in [4.69, 9.17) is 4.11 Å². The van der Waals surface area contributed by atoms with Crippen LogP contribution in [-0.4, -0.2) is 14.5 Å². The maximum atomic E-state index is 8.16. The van der Waals surface area contributed by atoms with Crippen molar-refractivity contribution >= 4 is 32.6 Å². The zero-order valence-electron chi connectivity index (χ0n) is 25.7. The Labute approximate surface area is 248 Å². The molecule has 0 amide bonds. The smallest absolute Gasteiger partial charge is 0.111 e. The molecule has 3 heteroatoms. The fourth-order valence-electron chi connectivity index (χ4n) is 6.27. The van der Waals surface area contributed by atoms with Crippen LogP contribution in [0.5, 0.6) is 0 Å². The number of nitrogens with zero attached hydrogens (tertiary/aromatic N) is 3. The molecule has 198 valence electrons. The van der Waals surface area contributed by atoms with Gasteiger partial charge in [-0.2, -0.15) is 0 Å². The molecule has 0 aliphatic carbocycles. The number of rotatable bonds is 4. The highest BCUT2D eigenvalue weighted by atomic mass is 15.1. The van der Waals surface area contributed by atoms with Crippen LogP contribution in [0.25, 0.3) is 71.6 Å². The number of aromatic nitrogens is 3. The zero-order valence-corrected chi connectivity index (χ0v) is 22.7. The molecule has 8 aromatic rings. The van der Waals surface area contributed by atoms with Crippen molar-refractivity contribution in [3.8, 4) is 39.1 Å². The molecule has 0 aliphatic heterocycles. The van der Waals surface area contributed by atoms with Gasteiger partial charge in [0.2, 0.25) is 0 Å². The molecular weight excluding hydrogens is 510 g/mol. The molecule has 0 bridgehead atoms. The molecule has 0 spiro atoms. The quantitative estimate of drug-likeness (QED) is 0.208. The number of hydrogen-bond acceptors (Lipinski definition) is 2. The first-order valence-electron chi connectivity index (χ1n) is 15.5. The highest BCUT2D eigenvalue weighted by Gasteiger charge is 2.19. The Bertz CT molecular complexity index is 2300. The van der Waals surface area contributed by atoms with Crippen molar-refractivity contribution in [3.63, 3.8) is 0 Å². The second-order valence-corrected chi connectivity index (χ2v) is 10.4. The third-order valence-corrected chi connectivity index (χ3v) is 8.08. The van der Waals surface area contributed by atoms with Gasteiger partial charge in [-0.15, -0.1) is 0 Å². The van der Waals surface area contributed by atoms with E-state index in [0.29, 0.717) is 5.52 Å². The number of imidazole rings is 1. The SMILES string of the molecule is [2H]C([2H])([2H])c1nc2ccccc2n1-c1ccc(-c2c3ccccc3c(-c3ccccc3-c3cccnc3)c3ccccc23)cc1. The largest absolute Gasteiger partial charge is 0.297 e. The Morgan fingerprint density at radius 1 is 0.548 bits per heavy atom. The van der Waals surface area contributed by atoms with Gasteiger partial charge < -0.3 is 0 Å². The zero-order chi connectivity index (χ0) is 30.5. The predicted molar refractivity (Wildman–Crippen MR) is 175 cm³/mol. The third kappa shape index (κ3) is 3.82. The predicted octanol–water partition coefficient (Wildman–Crippen LogP) is 10.0. The van der Waals surface area contributed by atoms with Crippen molar-refractivity contribution in [3.05, 3.63) is 152 Å². The minimum absolute atomic E-state index is 0.0592. The van der Waals surface area contributed by atoms with Gasteiger partial charge in [-0.3, -0.25) is 9.55 Å². The topological polar surface area (TPSA) is 30.7 Å². The normalized spacial score (nSPS) is 12.8. The standard InChI is InChI=1S/C39H27N3/c1-26-41-36-18-8-9-19-37(36)42(26)29-22-20-27(21-23-29)38-32-14-4-6-16-34(32)39(35-17-7-5-15-33(35)38)31-13-3-2-12-30(31)28-11-10-24-40-25-28/h2-25H,1H3/i1D3. The lowest BCUT2D eigenvalue weighted by atomic mass is 9.84. The summed E-state index contributed by atoms with van der Waals surface area (Å²) in [5, 5.41) is 4.63. The molecule has 8 rings (SSSR count). The molecule has 0 saturated carbocycles. The van der Waals surface area contributed by atoms with E-state index in [1.54, 1.807) is 10.8 Å². The van der Waals surface area contributed by atoms with Crippen LogP contribution in [0, 0.1) is 6.85 Å². The summed E-state index contributed by atoms with van der Waals surface area (Å²) in [5.74, 6) is 0.0592. The fourth-order valence-corrected chi connectivity index (χ4v) is 6.27. The average Bonchev–Trinajstić information content (AvgIpc) is 3.48. The van der Waals surface area contributed by atoms with E-state index in [-0.39, 0.29) is 5.82 Å². The van der Waals surface area contributed by atoms with Crippen LogP contribution >= 0.6 is 0 Å². The summed E-state index contributed by atoms with van der Waals surface area (Å²) >= 11 is 0. The summed E-state index contributed by atoms with van der Waals surface area (Å²) in [5.41, 5.74) is 8.93. The highest BCUT2D eigenvalue weighted by molar-refractivity contribution is 6.22. The Hall–Kier alpha value is -5.54. The van der Waals surface area contributed by atoms with Gasteiger partial charge in [0, 0.05) is 27.8 Å². The lowest BCUT2D eigenvalue weighted by molar-refractivity contribution is 1.00. The van der Waals surface area contributed by atoms with E-state index in [0.717, 1.165) is 60.6 Å². The van der Waals surface area contributed by atoms with Crippen LogP contribution in [0.1, 0.15) is 9.94 Å². The van der Waals surface area contributed by atoms with Crippen LogP contribution in [0.2, 0.25) is 0 Å². The van der Waals surface area contributed by atoms with Gasteiger partial charge in [0.1, 0.15) is 5.82 Å². The Morgan fingerprint density at radius 3 is 1.83 bits per heavy atom. The van der Waals surface area contributed by atoms with E-state index in [2.05, 4.69) is 101 Å². The summed E-state index contributed by atoms with van der Waals surface area (Å²) in [6.07, 6.45) is 3.72. The van der Waals surface area contributed by atoms with Crippen LogP contribution in [0.3, 0.4) is 0 Å². The molecule has 0 atom stereocenters. The van der Waals surface area contributed by atoms with Crippen molar-refractivity contribution < 1.29 is 4.11 Å². The molecule has 6 aromatic carbocycles. The first-order valence-corrected chi connectivity index (χ1v) is 14.0. The first kappa shape index (κ1) is 21.2. The lowest BCUT2D eigenvalue weighted by Gasteiger charge is -2.19. The van der Waals surface area contributed by atoms with Crippen molar-refractivity contribution in [2.45, 2.75) is 6.85 Å². The second-order valence-electron chi connectivity index (χ2n) is 10.4. The highest BCUT2D eigenvalue weighted by Crippen LogP contribution is 2.46. The molecule has 0 aliphatic rings. The fraction of sp³-hybridized carbons (Fsp3) is 0.0256. The van der Waals surface area contributed by atoms with Gasteiger partial charge in [0.05, 0.1) is 11.0 Å². The summed E-state index contributed by atoms with van der Waals surface area (Å²) in [6, 6.07) is 45.5. The summed E-state index contributed by atoms with van der Waals surface area (Å²) in [4.78, 5) is 8.89. The van der Waals surface area contributed by atoms with Crippen molar-refractivity contribution in [2.75, 3.05) is 0 Å². The van der Waals surface area contributed by atoms with Gasteiger partial charge in [-0.25, -0.2) is 4.98 Å². The Balaban J connectivity index is 1.36. The molecule has 0 N–H and O–H groups in total. The number of pyridine rings is 1. The molecule has 3 nitrogen and oxygen atoms in total. The maximum absolute atomic E-state index is 8.16. The van der Waals surface area contributed by atoms with E-state index in [1.807, 2.05) is 48.7 Å². The summed E-state index contributed by atoms with van der Waals surface area (Å²) in [6.45, 7) is -2.36. The monoisotopic (exact) mass is 540 g/mol. The van der Waals surface area contributed by atoms with Crippen molar-refractivity contribution in [2.24, 2.45) is 0 Å². The molecule has 2 aromatic heterocycles. The van der Waals surface area contributed by atoms with E-state index < -0.39 is 6.85 Å². The van der Waals surface area contributed by atoms with Crippen molar-refractivity contribution in [1.82, 2.24) is 14.5 Å². The van der Waals surface area contributed by atoms with Gasteiger partial charge in [0.25, 0.3) is 0 Å². The van der Waals surface area contributed by atoms with E-state index >= 15 is 0 Å². The number of aryl methyl sites for hydroxylation is 1. The van der Waals surface area contributed by atoms with Crippen molar-refractivity contribution in [1.29, 1.82) is 0 Å². The number of fused-ring (bicyclic) bond motifs is 3. The molecule has 0 saturated heterocycles. The number of hydrogen-bond donors (Lipinski definition) is 0. The van der Waals surface area contributed by atoms with Gasteiger partial charge in [0.15, 0.2) is 0 Å².